The Balaban J connectivity index is 1.64. The van der Waals surface area contributed by atoms with Gasteiger partial charge in [0.25, 0.3) is 0 Å². The standard InChI is InChI=1S/C14H17N3OS/c1-10-17-12(9-19-10)8-15-7-11-3-2-4-13-14(11)18-6-5-16-13/h2-4,9,15-16H,5-8H2,1H3. The lowest BCUT2D eigenvalue weighted by atomic mass is 10.1. The maximum atomic E-state index is 5.75. The molecule has 1 aliphatic rings. The second-order valence-electron chi connectivity index (χ2n) is 4.53. The zero-order valence-corrected chi connectivity index (χ0v) is 11.7. The van der Waals surface area contributed by atoms with E-state index < -0.39 is 0 Å². The fourth-order valence-corrected chi connectivity index (χ4v) is 2.80. The molecule has 2 aromatic rings. The van der Waals surface area contributed by atoms with Crippen LogP contribution in [0.25, 0.3) is 0 Å². The summed E-state index contributed by atoms with van der Waals surface area (Å²) < 4.78 is 5.75. The van der Waals surface area contributed by atoms with Crippen molar-refractivity contribution in [2.24, 2.45) is 0 Å². The van der Waals surface area contributed by atoms with E-state index >= 15 is 0 Å². The van der Waals surface area contributed by atoms with Crippen molar-refractivity contribution in [3.63, 3.8) is 0 Å². The van der Waals surface area contributed by atoms with Crippen LogP contribution in [0.4, 0.5) is 5.69 Å². The molecule has 0 radical (unpaired) electrons. The first-order valence-corrected chi connectivity index (χ1v) is 7.31. The summed E-state index contributed by atoms with van der Waals surface area (Å²) in [7, 11) is 0. The molecule has 3 rings (SSSR count). The molecule has 0 aliphatic carbocycles. The monoisotopic (exact) mass is 275 g/mol. The normalized spacial score (nSPS) is 13.5. The molecule has 0 bridgehead atoms. The third-order valence-corrected chi connectivity index (χ3v) is 3.87. The molecule has 0 saturated heterocycles. The van der Waals surface area contributed by atoms with Crippen molar-refractivity contribution in [1.29, 1.82) is 0 Å². The van der Waals surface area contributed by atoms with Gasteiger partial charge >= 0.3 is 0 Å². The average Bonchev–Trinajstić information content (AvgIpc) is 2.85. The van der Waals surface area contributed by atoms with Crippen molar-refractivity contribution in [3.8, 4) is 5.75 Å². The van der Waals surface area contributed by atoms with Crippen molar-refractivity contribution in [3.05, 3.63) is 39.8 Å². The van der Waals surface area contributed by atoms with Gasteiger partial charge in [0.15, 0.2) is 0 Å². The van der Waals surface area contributed by atoms with Crippen LogP contribution in [-0.2, 0) is 13.1 Å². The van der Waals surface area contributed by atoms with E-state index in [0.29, 0.717) is 0 Å². The molecule has 1 aromatic carbocycles. The topological polar surface area (TPSA) is 46.2 Å². The molecule has 4 nitrogen and oxygen atoms in total. The van der Waals surface area contributed by atoms with Gasteiger partial charge in [-0.15, -0.1) is 11.3 Å². The van der Waals surface area contributed by atoms with Crippen molar-refractivity contribution in [2.75, 3.05) is 18.5 Å². The number of aromatic nitrogens is 1. The number of hydrogen-bond donors (Lipinski definition) is 2. The molecule has 100 valence electrons. The van der Waals surface area contributed by atoms with E-state index in [1.165, 1.54) is 5.56 Å². The van der Waals surface area contributed by atoms with E-state index in [1.54, 1.807) is 11.3 Å². The van der Waals surface area contributed by atoms with E-state index in [9.17, 15) is 0 Å². The van der Waals surface area contributed by atoms with Crippen LogP contribution in [0.5, 0.6) is 5.75 Å². The smallest absolute Gasteiger partial charge is 0.146 e. The minimum atomic E-state index is 0.731. The number of nitrogens with one attached hydrogen (secondary N) is 2. The Bertz CT molecular complexity index is 568. The van der Waals surface area contributed by atoms with E-state index in [1.807, 2.05) is 6.92 Å². The Morgan fingerprint density at radius 3 is 3.21 bits per heavy atom. The van der Waals surface area contributed by atoms with Crippen molar-refractivity contribution in [1.82, 2.24) is 10.3 Å². The zero-order chi connectivity index (χ0) is 13.1. The SMILES string of the molecule is Cc1nc(CNCc2cccc3c2OCCN3)cs1. The minimum absolute atomic E-state index is 0.731. The number of fused-ring (bicyclic) bond motifs is 1. The molecule has 0 unspecified atom stereocenters. The summed E-state index contributed by atoms with van der Waals surface area (Å²) in [5, 5.41) is 9.98. The highest BCUT2D eigenvalue weighted by atomic mass is 32.1. The van der Waals surface area contributed by atoms with Crippen LogP contribution in [-0.4, -0.2) is 18.1 Å². The van der Waals surface area contributed by atoms with Crippen molar-refractivity contribution >= 4 is 17.0 Å². The predicted molar refractivity (Wildman–Crippen MR) is 77.8 cm³/mol. The Morgan fingerprint density at radius 1 is 1.42 bits per heavy atom. The van der Waals surface area contributed by atoms with Gasteiger partial charge in [-0.25, -0.2) is 4.98 Å². The van der Waals surface area contributed by atoms with E-state index in [4.69, 9.17) is 4.74 Å². The average molecular weight is 275 g/mol. The third kappa shape index (κ3) is 2.88. The molecule has 1 aromatic heterocycles. The fraction of sp³-hybridized carbons (Fsp3) is 0.357. The maximum Gasteiger partial charge on any atom is 0.146 e. The second kappa shape index (κ2) is 5.59. The molecule has 0 fully saturated rings. The van der Waals surface area contributed by atoms with Gasteiger partial charge in [-0.3, -0.25) is 0 Å². The molecule has 0 amide bonds. The molecule has 0 atom stereocenters. The van der Waals surface area contributed by atoms with Crippen LogP contribution >= 0.6 is 11.3 Å². The highest BCUT2D eigenvalue weighted by Gasteiger charge is 2.13. The maximum absolute atomic E-state index is 5.75. The highest BCUT2D eigenvalue weighted by Crippen LogP contribution is 2.31. The summed E-state index contributed by atoms with van der Waals surface area (Å²) in [5.41, 5.74) is 3.39. The van der Waals surface area contributed by atoms with Gasteiger partial charge in [0.2, 0.25) is 0 Å². The van der Waals surface area contributed by atoms with Gasteiger partial charge in [-0.05, 0) is 13.0 Å². The lowest BCUT2D eigenvalue weighted by Crippen LogP contribution is -2.21. The Morgan fingerprint density at radius 2 is 2.37 bits per heavy atom. The second-order valence-corrected chi connectivity index (χ2v) is 5.59. The van der Waals surface area contributed by atoms with E-state index in [2.05, 4.69) is 39.2 Å². The largest absolute Gasteiger partial charge is 0.489 e. The summed E-state index contributed by atoms with van der Waals surface area (Å²) >= 11 is 1.69. The summed E-state index contributed by atoms with van der Waals surface area (Å²) in [6.07, 6.45) is 0. The van der Waals surface area contributed by atoms with Gasteiger partial charge in [0, 0.05) is 30.6 Å². The number of hydrogen-bond acceptors (Lipinski definition) is 5. The van der Waals surface area contributed by atoms with Crippen LogP contribution in [0.3, 0.4) is 0 Å². The quantitative estimate of drug-likeness (QED) is 0.900. The Labute approximate surface area is 116 Å². The molecular weight excluding hydrogens is 258 g/mol. The molecule has 2 heterocycles. The minimum Gasteiger partial charge on any atom is -0.489 e. The molecule has 0 spiro atoms. The van der Waals surface area contributed by atoms with Gasteiger partial charge in [-0.2, -0.15) is 0 Å². The Kier molecular flexibility index (Phi) is 3.66. The van der Waals surface area contributed by atoms with Crippen molar-refractivity contribution < 1.29 is 4.74 Å². The molecular formula is C14H17N3OS. The van der Waals surface area contributed by atoms with Crippen LogP contribution in [0, 0.1) is 6.92 Å². The summed E-state index contributed by atoms with van der Waals surface area (Å²) in [4.78, 5) is 4.44. The van der Waals surface area contributed by atoms with Gasteiger partial charge in [-0.1, -0.05) is 12.1 Å². The molecule has 0 saturated carbocycles. The number of ether oxygens (including phenoxy) is 1. The third-order valence-electron chi connectivity index (χ3n) is 3.05. The van der Waals surface area contributed by atoms with E-state index in [0.717, 1.165) is 48.4 Å². The molecule has 19 heavy (non-hydrogen) atoms. The summed E-state index contributed by atoms with van der Waals surface area (Å²) in [6, 6.07) is 6.22. The number of benzene rings is 1. The number of thiazole rings is 1. The van der Waals surface area contributed by atoms with Crippen LogP contribution in [0.15, 0.2) is 23.6 Å². The van der Waals surface area contributed by atoms with Crippen molar-refractivity contribution in [2.45, 2.75) is 20.0 Å². The van der Waals surface area contributed by atoms with Gasteiger partial charge < -0.3 is 15.4 Å². The summed E-state index contributed by atoms with van der Waals surface area (Å²) in [5.74, 6) is 0.982. The number of aryl methyl sites for hydroxylation is 1. The fourth-order valence-electron chi connectivity index (χ4n) is 2.19. The van der Waals surface area contributed by atoms with Crippen LogP contribution < -0.4 is 15.4 Å². The molecule has 1 aliphatic heterocycles. The molecule has 5 heteroatoms. The Hall–Kier alpha value is -1.59. The highest BCUT2D eigenvalue weighted by molar-refractivity contribution is 7.09. The van der Waals surface area contributed by atoms with Crippen LogP contribution in [0.2, 0.25) is 0 Å². The first-order chi connectivity index (χ1) is 9.33. The van der Waals surface area contributed by atoms with E-state index in [-0.39, 0.29) is 0 Å². The number of nitrogens with zero attached hydrogens (tertiary/aromatic N) is 1. The number of anilines is 1. The zero-order valence-electron chi connectivity index (χ0n) is 10.9. The first-order valence-electron chi connectivity index (χ1n) is 6.43. The summed E-state index contributed by atoms with van der Waals surface area (Å²) in [6.45, 7) is 5.22. The lowest BCUT2D eigenvalue weighted by molar-refractivity contribution is 0.319. The predicted octanol–water partition coefficient (Wildman–Crippen LogP) is 2.55. The van der Waals surface area contributed by atoms with Gasteiger partial charge in [0.05, 0.1) is 16.4 Å². The first kappa shape index (κ1) is 12.4. The number of rotatable bonds is 4. The lowest BCUT2D eigenvalue weighted by Gasteiger charge is -2.21. The van der Waals surface area contributed by atoms with Gasteiger partial charge in [0.1, 0.15) is 12.4 Å². The van der Waals surface area contributed by atoms with Crippen LogP contribution in [0.1, 0.15) is 16.3 Å². The molecule has 2 N–H and O–H groups in total. The number of para-hydroxylation sites is 1.